The zero-order chi connectivity index (χ0) is 19.2. The largest absolute Gasteiger partial charge is 0.497 e. The number of methoxy groups -OCH3 is 2. The van der Waals surface area contributed by atoms with E-state index in [4.69, 9.17) is 18.7 Å². The highest BCUT2D eigenvalue weighted by atomic mass is 16.5. The number of benzene rings is 2. The van der Waals surface area contributed by atoms with Crippen LogP contribution in [-0.2, 0) is 6.61 Å². The molecule has 27 heavy (non-hydrogen) atoms. The Morgan fingerprint density at radius 1 is 1.04 bits per heavy atom. The van der Waals surface area contributed by atoms with Gasteiger partial charge in [0, 0.05) is 5.69 Å². The van der Waals surface area contributed by atoms with Crippen LogP contribution in [0.1, 0.15) is 21.8 Å². The fourth-order valence-electron chi connectivity index (χ4n) is 2.49. The number of para-hydroxylation sites is 2. The summed E-state index contributed by atoms with van der Waals surface area (Å²) in [6, 6.07) is 14.3. The van der Waals surface area contributed by atoms with E-state index in [1.54, 1.807) is 57.5 Å². The molecule has 7 nitrogen and oxygen atoms in total. The van der Waals surface area contributed by atoms with Crippen molar-refractivity contribution in [1.82, 2.24) is 5.16 Å². The molecule has 0 atom stereocenters. The van der Waals surface area contributed by atoms with Crippen molar-refractivity contribution in [2.24, 2.45) is 0 Å². The summed E-state index contributed by atoms with van der Waals surface area (Å²) < 4.78 is 21.4. The van der Waals surface area contributed by atoms with Gasteiger partial charge in [0.25, 0.3) is 5.91 Å². The third-order valence-corrected chi connectivity index (χ3v) is 3.99. The topological polar surface area (TPSA) is 82.8 Å². The fraction of sp³-hybridized carbons (Fsp3) is 0.200. The van der Waals surface area contributed by atoms with E-state index in [9.17, 15) is 4.79 Å². The average Bonchev–Trinajstić information content (AvgIpc) is 3.07. The molecule has 0 saturated carbocycles. The number of anilines is 1. The molecule has 0 saturated heterocycles. The molecule has 1 N–H and O–H groups in total. The van der Waals surface area contributed by atoms with Crippen LogP contribution in [0.2, 0.25) is 0 Å². The number of hydrogen-bond donors (Lipinski definition) is 1. The number of aromatic nitrogens is 1. The summed E-state index contributed by atoms with van der Waals surface area (Å²) in [7, 11) is 3.15. The molecule has 0 aliphatic carbocycles. The van der Waals surface area contributed by atoms with Crippen molar-refractivity contribution in [3.63, 3.8) is 0 Å². The van der Waals surface area contributed by atoms with Gasteiger partial charge < -0.3 is 24.1 Å². The number of aryl methyl sites for hydroxylation is 1. The lowest BCUT2D eigenvalue weighted by atomic mass is 10.2. The highest BCUT2D eigenvalue weighted by Crippen LogP contribution is 2.27. The van der Waals surface area contributed by atoms with Crippen LogP contribution >= 0.6 is 0 Å². The number of ether oxygens (including phenoxy) is 3. The summed E-state index contributed by atoms with van der Waals surface area (Å²) in [6.07, 6.45) is 0. The molecule has 3 rings (SSSR count). The summed E-state index contributed by atoms with van der Waals surface area (Å²) in [6.45, 7) is 1.86. The molecule has 0 aliphatic rings. The Labute approximate surface area is 156 Å². The van der Waals surface area contributed by atoms with Crippen molar-refractivity contribution in [3.05, 3.63) is 65.5 Å². The number of nitrogens with one attached hydrogen (secondary N) is 1. The summed E-state index contributed by atoms with van der Waals surface area (Å²) in [5.74, 6) is 2.02. The molecule has 0 bridgehead atoms. The normalized spacial score (nSPS) is 10.3. The predicted molar refractivity (Wildman–Crippen MR) is 99.5 cm³/mol. The number of carbonyl (C=O) groups excluding carboxylic acids is 1. The minimum Gasteiger partial charge on any atom is -0.497 e. The molecule has 1 amide bonds. The first kappa shape index (κ1) is 18.3. The molecular weight excluding hydrogens is 348 g/mol. The van der Waals surface area contributed by atoms with E-state index in [2.05, 4.69) is 10.5 Å². The van der Waals surface area contributed by atoms with Crippen LogP contribution in [-0.4, -0.2) is 25.3 Å². The van der Waals surface area contributed by atoms with Crippen LogP contribution in [0.5, 0.6) is 17.2 Å². The lowest BCUT2D eigenvalue weighted by Gasteiger charge is -2.10. The molecule has 1 heterocycles. The molecule has 0 fully saturated rings. The first-order valence-corrected chi connectivity index (χ1v) is 8.28. The SMILES string of the molecule is COc1ccc(NC(=O)c2noc(C)c2COc2ccccc2OC)cc1. The molecule has 0 unspecified atom stereocenters. The number of nitrogens with zero attached hydrogens (tertiary/aromatic N) is 1. The van der Waals surface area contributed by atoms with E-state index >= 15 is 0 Å². The lowest BCUT2D eigenvalue weighted by molar-refractivity contribution is 0.101. The molecule has 3 aromatic rings. The Hall–Kier alpha value is -3.48. The average molecular weight is 368 g/mol. The van der Waals surface area contributed by atoms with Crippen molar-refractivity contribution >= 4 is 11.6 Å². The second-order valence-electron chi connectivity index (χ2n) is 5.69. The van der Waals surface area contributed by atoms with Gasteiger partial charge in [-0.25, -0.2) is 0 Å². The summed E-state index contributed by atoms with van der Waals surface area (Å²) in [5, 5.41) is 6.66. The van der Waals surface area contributed by atoms with Crippen LogP contribution < -0.4 is 19.5 Å². The maximum absolute atomic E-state index is 12.6. The third-order valence-electron chi connectivity index (χ3n) is 3.99. The number of amides is 1. The van der Waals surface area contributed by atoms with Crippen LogP contribution in [0, 0.1) is 6.92 Å². The molecular formula is C20H20N2O5. The Balaban J connectivity index is 1.74. The highest BCUT2D eigenvalue weighted by Gasteiger charge is 2.21. The van der Waals surface area contributed by atoms with Crippen molar-refractivity contribution in [3.8, 4) is 17.2 Å². The number of rotatable bonds is 7. The van der Waals surface area contributed by atoms with E-state index in [0.29, 0.717) is 34.3 Å². The van der Waals surface area contributed by atoms with E-state index in [0.717, 1.165) is 0 Å². The van der Waals surface area contributed by atoms with Crippen LogP contribution in [0.4, 0.5) is 5.69 Å². The third kappa shape index (κ3) is 4.20. The minimum absolute atomic E-state index is 0.126. The van der Waals surface area contributed by atoms with Crippen molar-refractivity contribution in [1.29, 1.82) is 0 Å². The van der Waals surface area contributed by atoms with Gasteiger partial charge in [-0.2, -0.15) is 0 Å². The first-order valence-electron chi connectivity index (χ1n) is 8.28. The Morgan fingerprint density at radius 3 is 2.41 bits per heavy atom. The van der Waals surface area contributed by atoms with E-state index in [-0.39, 0.29) is 18.2 Å². The first-order chi connectivity index (χ1) is 13.1. The van der Waals surface area contributed by atoms with Gasteiger partial charge in [0.15, 0.2) is 17.2 Å². The standard InChI is InChI=1S/C20H20N2O5/c1-13-16(12-26-18-7-5-4-6-17(18)25-3)19(22-27-13)20(23)21-14-8-10-15(24-2)11-9-14/h4-11H,12H2,1-3H3,(H,21,23). The van der Waals surface area contributed by atoms with Gasteiger partial charge in [0.2, 0.25) is 0 Å². The van der Waals surface area contributed by atoms with Crippen LogP contribution in [0.3, 0.4) is 0 Å². The Morgan fingerprint density at radius 2 is 1.74 bits per heavy atom. The molecule has 140 valence electrons. The van der Waals surface area contributed by atoms with Crippen molar-refractivity contribution < 1.29 is 23.5 Å². The zero-order valence-electron chi connectivity index (χ0n) is 15.3. The fourth-order valence-corrected chi connectivity index (χ4v) is 2.49. The molecule has 0 radical (unpaired) electrons. The van der Waals surface area contributed by atoms with Gasteiger partial charge in [-0.15, -0.1) is 0 Å². The Bertz CT molecular complexity index is 918. The van der Waals surface area contributed by atoms with E-state index < -0.39 is 0 Å². The monoisotopic (exact) mass is 368 g/mol. The molecule has 0 aliphatic heterocycles. The molecule has 2 aromatic carbocycles. The second-order valence-corrected chi connectivity index (χ2v) is 5.69. The van der Waals surface area contributed by atoms with Gasteiger partial charge in [-0.3, -0.25) is 4.79 Å². The summed E-state index contributed by atoms with van der Waals surface area (Å²) in [4.78, 5) is 12.6. The maximum Gasteiger partial charge on any atom is 0.278 e. The Kier molecular flexibility index (Phi) is 5.61. The summed E-state index contributed by atoms with van der Waals surface area (Å²) in [5.41, 5.74) is 1.38. The quantitative estimate of drug-likeness (QED) is 0.682. The number of hydrogen-bond acceptors (Lipinski definition) is 6. The van der Waals surface area contributed by atoms with Gasteiger partial charge in [0.05, 0.1) is 19.8 Å². The smallest absolute Gasteiger partial charge is 0.278 e. The molecule has 1 aromatic heterocycles. The lowest BCUT2D eigenvalue weighted by Crippen LogP contribution is -2.15. The van der Waals surface area contributed by atoms with Gasteiger partial charge in [-0.1, -0.05) is 17.3 Å². The van der Waals surface area contributed by atoms with Gasteiger partial charge >= 0.3 is 0 Å². The second kappa shape index (κ2) is 8.27. The van der Waals surface area contributed by atoms with Crippen molar-refractivity contribution in [2.45, 2.75) is 13.5 Å². The van der Waals surface area contributed by atoms with Crippen molar-refractivity contribution in [2.75, 3.05) is 19.5 Å². The molecule has 0 spiro atoms. The van der Waals surface area contributed by atoms with Gasteiger partial charge in [-0.05, 0) is 43.3 Å². The maximum atomic E-state index is 12.6. The molecule has 7 heteroatoms. The highest BCUT2D eigenvalue weighted by molar-refractivity contribution is 6.03. The predicted octanol–water partition coefficient (Wildman–Crippen LogP) is 3.83. The van der Waals surface area contributed by atoms with Crippen LogP contribution in [0.15, 0.2) is 53.1 Å². The minimum atomic E-state index is -0.379. The van der Waals surface area contributed by atoms with Gasteiger partial charge in [0.1, 0.15) is 18.1 Å². The summed E-state index contributed by atoms with van der Waals surface area (Å²) >= 11 is 0. The van der Waals surface area contributed by atoms with Crippen LogP contribution in [0.25, 0.3) is 0 Å². The van der Waals surface area contributed by atoms with E-state index in [1.165, 1.54) is 0 Å². The zero-order valence-corrected chi connectivity index (χ0v) is 15.3. The number of carbonyl (C=O) groups is 1. The van der Waals surface area contributed by atoms with E-state index in [1.807, 2.05) is 12.1 Å².